The van der Waals surface area contributed by atoms with Gasteiger partial charge in [0.05, 0.1) is 16.8 Å². The highest BCUT2D eigenvalue weighted by Gasteiger charge is 2.52. The molecule has 0 saturated carbocycles. The maximum atomic E-state index is 2.71. The molecule has 1 unspecified atom stereocenters. The molecule has 11 rings (SSSR count). The molecular formula is C53H39N. The van der Waals surface area contributed by atoms with Crippen molar-refractivity contribution in [3.63, 3.8) is 0 Å². The second-order valence-corrected chi connectivity index (χ2v) is 15.4. The first-order chi connectivity index (χ1) is 26.5. The van der Waals surface area contributed by atoms with Crippen LogP contribution < -0.4 is 4.90 Å². The molecule has 6 aromatic rings. The Hall–Kier alpha value is -6.44. The molecule has 1 spiro atoms. The topological polar surface area (TPSA) is 3.24 Å². The summed E-state index contributed by atoms with van der Waals surface area (Å²) in [4.78, 5) is 2.71. The summed E-state index contributed by atoms with van der Waals surface area (Å²) in [6, 6.07) is 49.3. The van der Waals surface area contributed by atoms with Gasteiger partial charge in [-0.3, -0.25) is 0 Å². The molecule has 1 heteroatoms. The molecule has 0 N–H and O–H groups in total. The summed E-state index contributed by atoms with van der Waals surface area (Å²) in [6.07, 6.45) is 15.5. The molecule has 256 valence electrons. The zero-order chi connectivity index (χ0) is 36.1. The number of allylic oxidation sites excluding steroid dienone is 7. The lowest BCUT2D eigenvalue weighted by Crippen LogP contribution is -2.39. The van der Waals surface area contributed by atoms with E-state index in [9.17, 15) is 0 Å². The predicted molar refractivity (Wildman–Crippen MR) is 227 cm³/mol. The number of para-hydroxylation sites is 1. The van der Waals surface area contributed by atoms with E-state index in [1.54, 1.807) is 0 Å². The molecule has 54 heavy (non-hydrogen) atoms. The Kier molecular flexibility index (Phi) is 6.64. The van der Waals surface area contributed by atoms with E-state index in [2.05, 4.69) is 196 Å². The Bertz CT molecular complexity index is 2800. The highest BCUT2D eigenvalue weighted by Crippen LogP contribution is 2.65. The first-order valence-electron chi connectivity index (χ1n) is 19.2. The quantitative estimate of drug-likeness (QED) is 0.178. The first-order valence-corrected chi connectivity index (χ1v) is 19.2. The fraction of sp³-hybridized carbons (Fsp3) is 0.0943. The summed E-state index contributed by atoms with van der Waals surface area (Å²) in [5.41, 5.74) is 25.5. The molecule has 1 nitrogen and oxygen atoms in total. The van der Waals surface area contributed by atoms with Crippen molar-refractivity contribution in [2.45, 2.75) is 27.2 Å². The lowest BCUT2D eigenvalue weighted by atomic mass is 9.61. The van der Waals surface area contributed by atoms with Gasteiger partial charge < -0.3 is 4.90 Å². The molecule has 6 aromatic carbocycles. The van der Waals surface area contributed by atoms with E-state index in [0.29, 0.717) is 0 Å². The zero-order valence-corrected chi connectivity index (χ0v) is 30.8. The van der Waals surface area contributed by atoms with E-state index in [0.717, 1.165) is 6.42 Å². The maximum absolute atomic E-state index is 2.71. The van der Waals surface area contributed by atoms with Gasteiger partial charge in [-0.15, -0.1) is 0 Å². The van der Waals surface area contributed by atoms with Crippen LogP contribution in [0.4, 0.5) is 11.4 Å². The Balaban J connectivity index is 1.28. The van der Waals surface area contributed by atoms with Crippen LogP contribution in [0.5, 0.6) is 0 Å². The van der Waals surface area contributed by atoms with Crippen molar-refractivity contribution in [3.05, 3.63) is 225 Å². The molecule has 0 bridgehead atoms. The van der Waals surface area contributed by atoms with Crippen molar-refractivity contribution in [3.8, 4) is 22.3 Å². The van der Waals surface area contributed by atoms with Crippen LogP contribution in [0.15, 0.2) is 180 Å². The Labute approximate surface area is 318 Å². The van der Waals surface area contributed by atoms with Crippen LogP contribution in [0.2, 0.25) is 0 Å². The van der Waals surface area contributed by atoms with Crippen molar-refractivity contribution in [2.24, 2.45) is 5.41 Å². The van der Waals surface area contributed by atoms with E-state index in [1.165, 1.54) is 112 Å². The number of hydrogen-bond acceptors (Lipinski definition) is 1. The third-order valence-electron chi connectivity index (χ3n) is 12.5. The molecule has 0 amide bonds. The predicted octanol–water partition coefficient (Wildman–Crippen LogP) is 13.5. The summed E-state index contributed by atoms with van der Waals surface area (Å²) in [5, 5.41) is 0. The molecule has 0 aliphatic heterocycles. The average molecular weight is 690 g/mol. The number of rotatable bonds is 4. The Morgan fingerprint density at radius 1 is 0.556 bits per heavy atom. The summed E-state index contributed by atoms with van der Waals surface area (Å²) in [5.74, 6) is 0. The summed E-state index contributed by atoms with van der Waals surface area (Å²) < 4.78 is 0. The van der Waals surface area contributed by atoms with Crippen LogP contribution in [-0.4, -0.2) is 0 Å². The average Bonchev–Trinajstić information content (AvgIpc) is 3.90. The van der Waals surface area contributed by atoms with Crippen molar-refractivity contribution in [1.29, 1.82) is 0 Å². The second kappa shape index (κ2) is 11.5. The van der Waals surface area contributed by atoms with Gasteiger partial charge in [-0.05, 0) is 134 Å². The van der Waals surface area contributed by atoms with Crippen LogP contribution in [0.1, 0.15) is 51.4 Å². The Morgan fingerprint density at radius 3 is 1.93 bits per heavy atom. The molecule has 0 radical (unpaired) electrons. The van der Waals surface area contributed by atoms with Gasteiger partial charge in [0.2, 0.25) is 0 Å². The SMILES string of the molecule is CC1=C(N(c2ccccc2-c2ccccc2)c2c(C)c(C)cc3c2Cc2ccccc2-3)C2(C=CC=C3C2=Cc2ccccc23)C2=Cc3ccccc3C2=C1. The standard InChI is InChI=1S/C53H39N/c1-33-28-45-41-22-11-7-18-37(41)30-47(45)51(35(33)3)54(50-26-14-13-24-43(50)36-16-5-4-6-17-36)52-34(2)29-46-42-23-12-9-20-39(42)32-49(46)53(52)27-15-25-44-40-21-10-8-19-38(40)31-48(44)53/h4-29,31-32H,30H2,1-3H3. The normalized spacial score (nSPS) is 18.2. The minimum absolute atomic E-state index is 0.575. The van der Waals surface area contributed by atoms with E-state index in [4.69, 9.17) is 0 Å². The van der Waals surface area contributed by atoms with Crippen LogP contribution in [0, 0.1) is 19.3 Å². The summed E-state index contributed by atoms with van der Waals surface area (Å²) >= 11 is 0. The van der Waals surface area contributed by atoms with E-state index in [-0.39, 0.29) is 0 Å². The van der Waals surface area contributed by atoms with Crippen LogP contribution in [0.3, 0.4) is 0 Å². The van der Waals surface area contributed by atoms with Crippen molar-refractivity contribution >= 4 is 34.7 Å². The summed E-state index contributed by atoms with van der Waals surface area (Å²) in [7, 11) is 0. The van der Waals surface area contributed by atoms with Gasteiger partial charge in [0.25, 0.3) is 0 Å². The number of anilines is 2. The number of aryl methyl sites for hydroxylation is 1. The first kappa shape index (κ1) is 31.1. The third-order valence-corrected chi connectivity index (χ3v) is 12.5. The van der Waals surface area contributed by atoms with Crippen LogP contribution in [-0.2, 0) is 6.42 Å². The highest BCUT2D eigenvalue weighted by molar-refractivity contribution is 6.08. The smallest absolute Gasteiger partial charge is 0.0806 e. The molecule has 1 atom stereocenters. The van der Waals surface area contributed by atoms with Gasteiger partial charge in [-0.1, -0.05) is 146 Å². The van der Waals surface area contributed by atoms with Gasteiger partial charge in [-0.2, -0.15) is 0 Å². The van der Waals surface area contributed by atoms with Gasteiger partial charge in [-0.25, -0.2) is 0 Å². The third kappa shape index (κ3) is 4.21. The monoisotopic (exact) mass is 689 g/mol. The zero-order valence-electron chi connectivity index (χ0n) is 30.8. The highest BCUT2D eigenvalue weighted by atomic mass is 15.2. The fourth-order valence-corrected chi connectivity index (χ4v) is 10.1. The minimum Gasteiger partial charge on any atom is -0.311 e. The van der Waals surface area contributed by atoms with Gasteiger partial charge in [0, 0.05) is 17.7 Å². The number of benzene rings is 6. The second-order valence-electron chi connectivity index (χ2n) is 15.4. The minimum atomic E-state index is -0.575. The van der Waals surface area contributed by atoms with E-state index >= 15 is 0 Å². The molecule has 5 aliphatic carbocycles. The van der Waals surface area contributed by atoms with Gasteiger partial charge in [0.15, 0.2) is 0 Å². The molecule has 0 saturated heterocycles. The number of fused-ring (bicyclic) bond motifs is 11. The van der Waals surface area contributed by atoms with Crippen LogP contribution >= 0.6 is 0 Å². The van der Waals surface area contributed by atoms with E-state index < -0.39 is 5.41 Å². The largest absolute Gasteiger partial charge is 0.311 e. The lowest BCUT2D eigenvalue weighted by Gasteiger charge is -2.48. The van der Waals surface area contributed by atoms with Gasteiger partial charge >= 0.3 is 0 Å². The fourth-order valence-electron chi connectivity index (χ4n) is 10.1. The van der Waals surface area contributed by atoms with E-state index in [1.807, 2.05) is 0 Å². The lowest BCUT2D eigenvalue weighted by molar-refractivity contribution is 0.667. The number of nitrogens with zero attached hydrogens (tertiary/aromatic N) is 1. The maximum Gasteiger partial charge on any atom is 0.0806 e. The van der Waals surface area contributed by atoms with Crippen molar-refractivity contribution in [1.82, 2.24) is 0 Å². The molecular weight excluding hydrogens is 651 g/mol. The molecule has 0 aromatic heterocycles. The Morgan fingerprint density at radius 2 is 1.17 bits per heavy atom. The molecule has 0 fully saturated rings. The van der Waals surface area contributed by atoms with Crippen molar-refractivity contribution < 1.29 is 0 Å². The molecule has 0 heterocycles. The van der Waals surface area contributed by atoms with Crippen LogP contribution in [0.25, 0.3) is 45.6 Å². The summed E-state index contributed by atoms with van der Waals surface area (Å²) in [6.45, 7) is 7.00. The number of hydrogen-bond donors (Lipinski definition) is 0. The van der Waals surface area contributed by atoms with Crippen molar-refractivity contribution in [2.75, 3.05) is 4.90 Å². The molecule has 5 aliphatic rings. The van der Waals surface area contributed by atoms with Gasteiger partial charge in [0.1, 0.15) is 0 Å².